The highest BCUT2D eigenvalue weighted by Gasteiger charge is 2.24. The number of nitrogens with zero attached hydrogens (tertiary/aromatic N) is 3. The lowest BCUT2D eigenvalue weighted by Crippen LogP contribution is -2.49. The summed E-state index contributed by atoms with van der Waals surface area (Å²) in [5.74, 6) is 0.866. The summed E-state index contributed by atoms with van der Waals surface area (Å²) in [7, 11) is 0. The molecule has 1 saturated heterocycles. The summed E-state index contributed by atoms with van der Waals surface area (Å²) >= 11 is 0. The SMILES string of the molecule is Cc1cncc(N2CCCC(NC(=O)OC(C)(C)C)C2)n1. The maximum absolute atomic E-state index is 11.8. The van der Waals surface area contributed by atoms with Gasteiger partial charge in [-0.2, -0.15) is 0 Å². The first-order valence-corrected chi connectivity index (χ1v) is 7.36. The van der Waals surface area contributed by atoms with Crippen LogP contribution in [0.4, 0.5) is 10.6 Å². The van der Waals surface area contributed by atoms with Gasteiger partial charge in [0, 0.05) is 25.3 Å². The van der Waals surface area contributed by atoms with Gasteiger partial charge in [-0.3, -0.25) is 4.98 Å². The second-order valence-electron chi connectivity index (χ2n) is 6.45. The van der Waals surface area contributed by atoms with Gasteiger partial charge in [-0.15, -0.1) is 0 Å². The number of amides is 1. The van der Waals surface area contributed by atoms with Gasteiger partial charge in [0.25, 0.3) is 0 Å². The van der Waals surface area contributed by atoms with Crippen LogP contribution in [0.5, 0.6) is 0 Å². The monoisotopic (exact) mass is 292 g/mol. The Hall–Kier alpha value is -1.85. The number of aromatic nitrogens is 2. The molecule has 1 aromatic heterocycles. The van der Waals surface area contributed by atoms with Crippen molar-refractivity contribution in [2.75, 3.05) is 18.0 Å². The molecular formula is C15H24N4O2. The molecule has 2 heterocycles. The van der Waals surface area contributed by atoms with E-state index in [9.17, 15) is 4.79 Å². The minimum Gasteiger partial charge on any atom is -0.444 e. The van der Waals surface area contributed by atoms with E-state index in [-0.39, 0.29) is 12.1 Å². The summed E-state index contributed by atoms with van der Waals surface area (Å²) in [6.45, 7) is 9.19. The number of piperidine rings is 1. The van der Waals surface area contributed by atoms with Gasteiger partial charge in [-0.05, 0) is 40.5 Å². The Morgan fingerprint density at radius 1 is 1.43 bits per heavy atom. The highest BCUT2D eigenvalue weighted by Crippen LogP contribution is 2.17. The van der Waals surface area contributed by atoms with Crippen molar-refractivity contribution in [2.45, 2.75) is 52.2 Å². The largest absolute Gasteiger partial charge is 0.444 e. The van der Waals surface area contributed by atoms with Gasteiger partial charge in [0.2, 0.25) is 0 Å². The fourth-order valence-corrected chi connectivity index (χ4v) is 2.38. The Balaban J connectivity index is 1.93. The number of anilines is 1. The Morgan fingerprint density at radius 3 is 2.86 bits per heavy atom. The average molecular weight is 292 g/mol. The van der Waals surface area contributed by atoms with E-state index < -0.39 is 5.60 Å². The highest BCUT2D eigenvalue weighted by atomic mass is 16.6. The summed E-state index contributed by atoms with van der Waals surface area (Å²) < 4.78 is 5.30. The third-order valence-electron chi connectivity index (χ3n) is 3.21. The first-order valence-electron chi connectivity index (χ1n) is 7.36. The predicted octanol–water partition coefficient (Wildman–Crippen LogP) is 2.28. The molecule has 0 radical (unpaired) electrons. The number of hydrogen-bond donors (Lipinski definition) is 1. The van der Waals surface area contributed by atoms with Crippen molar-refractivity contribution in [2.24, 2.45) is 0 Å². The average Bonchev–Trinajstić information content (AvgIpc) is 2.36. The lowest BCUT2D eigenvalue weighted by molar-refractivity contribution is 0.0500. The molecule has 0 aromatic carbocycles. The summed E-state index contributed by atoms with van der Waals surface area (Å²) in [4.78, 5) is 22.7. The van der Waals surface area contributed by atoms with Crippen LogP contribution < -0.4 is 10.2 Å². The highest BCUT2D eigenvalue weighted by molar-refractivity contribution is 5.68. The molecule has 0 saturated carbocycles. The zero-order valence-electron chi connectivity index (χ0n) is 13.2. The molecule has 2 rings (SSSR count). The van der Waals surface area contributed by atoms with Crippen molar-refractivity contribution in [3.05, 3.63) is 18.1 Å². The third-order valence-corrected chi connectivity index (χ3v) is 3.21. The van der Waals surface area contributed by atoms with Gasteiger partial charge in [0.05, 0.1) is 11.9 Å². The normalized spacial score (nSPS) is 19.2. The van der Waals surface area contributed by atoms with Crippen molar-refractivity contribution in [3.63, 3.8) is 0 Å². The zero-order chi connectivity index (χ0) is 15.5. The van der Waals surface area contributed by atoms with Crippen LogP contribution in [0.1, 0.15) is 39.3 Å². The van der Waals surface area contributed by atoms with E-state index in [2.05, 4.69) is 20.2 Å². The Kier molecular flexibility index (Phi) is 4.65. The van der Waals surface area contributed by atoms with Gasteiger partial charge < -0.3 is 15.0 Å². The number of carbonyl (C=O) groups is 1. The molecule has 0 aliphatic carbocycles. The van der Waals surface area contributed by atoms with Crippen LogP contribution in [0.25, 0.3) is 0 Å². The van der Waals surface area contributed by atoms with Crippen LogP contribution in [-0.2, 0) is 4.74 Å². The number of carbonyl (C=O) groups excluding carboxylic acids is 1. The number of alkyl carbamates (subject to hydrolysis) is 1. The molecule has 1 aromatic rings. The van der Waals surface area contributed by atoms with E-state index in [1.165, 1.54) is 0 Å². The second-order valence-corrected chi connectivity index (χ2v) is 6.45. The van der Waals surface area contributed by atoms with Gasteiger partial charge in [0.1, 0.15) is 11.4 Å². The Bertz CT molecular complexity index is 499. The van der Waals surface area contributed by atoms with Gasteiger partial charge in [-0.1, -0.05) is 0 Å². The quantitative estimate of drug-likeness (QED) is 0.905. The minimum atomic E-state index is -0.472. The van der Waals surface area contributed by atoms with E-state index >= 15 is 0 Å². The fraction of sp³-hybridized carbons (Fsp3) is 0.667. The van der Waals surface area contributed by atoms with Crippen molar-refractivity contribution in [1.29, 1.82) is 0 Å². The Labute approximate surface area is 125 Å². The first kappa shape index (κ1) is 15.5. The Morgan fingerprint density at radius 2 is 2.19 bits per heavy atom. The molecule has 1 N–H and O–H groups in total. The maximum Gasteiger partial charge on any atom is 0.407 e. The minimum absolute atomic E-state index is 0.0795. The lowest BCUT2D eigenvalue weighted by atomic mass is 10.1. The van der Waals surface area contributed by atoms with E-state index in [0.717, 1.165) is 37.4 Å². The molecule has 1 aliphatic heterocycles. The lowest BCUT2D eigenvalue weighted by Gasteiger charge is -2.34. The van der Waals surface area contributed by atoms with Crippen LogP contribution in [0.15, 0.2) is 12.4 Å². The molecule has 1 aliphatic rings. The molecule has 6 nitrogen and oxygen atoms in total. The molecule has 6 heteroatoms. The standard InChI is InChI=1S/C15H24N4O2/c1-11-8-16-9-13(17-11)19-7-5-6-12(10-19)18-14(20)21-15(2,3)4/h8-9,12H,5-7,10H2,1-4H3,(H,18,20). The first-order chi connectivity index (χ1) is 9.83. The summed E-state index contributed by atoms with van der Waals surface area (Å²) in [6, 6.07) is 0.0795. The molecule has 21 heavy (non-hydrogen) atoms. The smallest absolute Gasteiger partial charge is 0.407 e. The van der Waals surface area contributed by atoms with Crippen molar-refractivity contribution in [1.82, 2.24) is 15.3 Å². The topological polar surface area (TPSA) is 67.4 Å². The fourth-order valence-electron chi connectivity index (χ4n) is 2.38. The van der Waals surface area contributed by atoms with E-state index in [0.29, 0.717) is 0 Å². The summed E-state index contributed by atoms with van der Waals surface area (Å²) in [6.07, 6.45) is 5.11. The predicted molar refractivity (Wildman–Crippen MR) is 81.4 cm³/mol. The van der Waals surface area contributed by atoms with Crippen molar-refractivity contribution < 1.29 is 9.53 Å². The maximum atomic E-state index is 11.8. The van der Waals surface area contributed by atoms with E-state index in [1.54, 1.807) is 12.4 Å². The third kappa shape index (κ3) is 4.88. The molecular weight excluding hydrogens is 268 g/mol. The van der Waals surface area contributed by atoms with Gasteiger partial charge in [-0.25, -0.2) is 9.78 Å². The second kappa shape index (κ2) is 6.28. The molecule has 1 unspecified atom stereocenters. The summed E-state index contributed by atoms with van der Waals surface area (Å²) in [5, 5.41) is 2.94. The number of ether oxygens (including phenoxy) is 1. The molecule has 0 bridgehead atoms. The van der Waals surface area contributed by atoms with Gasteiger partial charge in [0.15, 0.2) is 0 Å². The van der Waals surface area contributed by atoms with Crippen molar-refractivity contribution in [3.8, 4) is 0 Å². The van der Waals surface area contributed by atoms with Gasteiger partial charge >= 0.3 is 6.09 Å². The molecule has 1 atom stereocenters. The number of nitrogens with one attached hydrogen (secondary N) is 1. The van der Waals surface area contributed by atoms with E-state index in [4.69, 9.17) is 4.74 Å². The molecule has 1 amide bonds. The number of hydrogen-bond acceptors (Lipinski definition) is 5. The molecule has 116 valence electrons. The van der Waals surface area contributed by atoms with E-state index in [1.807, 2.05) is 27.7 Å². The van der Waals surface area contributed by atoms with Crippen LogP contribution in [0.3, 0.4) is 0 Å². The zero-order valence-corrected chi connectivity index (χ0v) is 13.2. The molecule has 0 spiro atoms. The summed E-state index contributed by atoms with van der Waals surface area (Å²) in [5.41, 5.74) is 0.426. The number of rotatable bonds is 2. The number of aryl methyl sites for hydroxylation is 1. The van der Waals surface area contributed by atoms with Crippen LogP contribution in [0.2, 0.25) is 0 Å². The van der Waals surface area contributed by atoms with Crippen LogP contribution in [0, 0.1) is 6.92 Å². The van der Waals surface area contributed by atoms with Crippen LogP contribution >= 0.6 is 0 Å². The molecule has 1 fully saturated rings. The van der Waals surface area contributed by atoms with Crippen molar-refractivity contribution >= 4 is 11.9 Å². The van der Waals surface area contributed by atoms with Crippen LogP contribution in [-0.4, -0.2) is 40.8 Å².